The van der Waals surface area contributed by atoms with E-state index in [0.29, 0.717) is 44.6 Å². The Morgan fingerprint density at radius 1 is 1.03 bits per heavy atom. The van der Waals surface area contributed by atoms with Crippen LogP contribution in [0.25, 0.3) is 0 Å². The van der Waals surface area contributed by atoms with Gasteiger partial charge in [0.25, 0.3) is 0 Å². The van der Waals surface area contributed by atoms with Gasteiger partial charge in [0.05, 0.1) is 11.0 Å². The lowest BCUT2D eigenvalue weighted by Crippen LogP contribution is -2.48. The first kappa shape index (κ1) is 22.4. The normalized spacial score (nSPS) is 19.5. The van der Waals surface area contributed by atoms with Crippen molar-refractivity contribution >= 4 is 17.5 Å². The Morgan fingerprint density at radius 2 is 1.60 bits per heavy atom. The van der Waals surface area contributed by atoms with Crippen molar-refractivity contribution < 1.29 is 32.2 Å². The standard InChI is InChI=1S/C21H27F3N2O4/c1-19(2,3)29-14-17(27)25-11-8-20(9-12-25)10-13-26(18(20)28)15-4-6-16(7-5-15)30-21(22,23)24/h4-7H,8-14H2,1-3H3. The van der Waals surface area contributed by atoms with Crippen LogP contribution >= 0.6 is 0 Å². The second-order valence-corrected chi connectivity index (χ2v) is 8.81. The number of anilines is 1. The minimum Gasteiger partial charge on any atom is -0.406 e. The Kier molecular flexibility index (Phi) is 6.04. The van der Waals surface area contributed by atoms with Crippen molar-refractivity contribution in [2.24, 2.45) is 5.41 Å². The van der Waals surface area contributed by atoms with Gasteiger partial charge in [0.15, 0.2) is 0 Å². The summed E-state index contributed by atoms with van der Waals surface area (Å²) in [5.41, 5.74) is -0.374. The van der Waals surface area contributed by atoms with Crippen LogP contribution in [0.3, 0.4) is 0 Å². The topological polar surface area (TPSA) is 59.1 Å². The molecule has 2 fully saturated rings. The number of piperidine rings is 1. The molecule has 2 heterocycles. The molecule has 1 aromatic carbocycles. The Hall–Kier alpha value is -2.29. The molecule has 0 unspecified atom stereocenters. The molecular weight excluding hydrogens is 401 g/mol. The van der Waals surface area contributed by atoms with Crippen LogP contribution in [0.15, 0.2) is 24.3 Å². The first-order chi connectivity index (χ1) is 13.9. The van der Waals surface area contributed by atoms with Crippen molar-refractivity contribution in [1.82, 2.24) is 4.90 Å². The van der Waals surface area contributed by atoms with Crippen molar-refractivity contribution in [3.05, 3.63) is 24.3 Å². The van der Waals surface area contributed by atoms with Crippen LogP contribution in [-0.4, -0.2) is 54.9 Å². The highest BCUT2D eigenvalue weighted by Crippen LogP contribution is 2.43. The largest absolute Gasteiger partial charge is 0.573 e. The van der Waals surface area contributed by atoms with Gasteiger partial charge in [-0.2, -0.15) is 0 Å². The molecule has 0 N–H and O–H groups in total. The SMILES string of the molecule is CC(C)(C)OCC(=O)N1CCC2(CC1)CCN(c1ccc(OC(F)(F)F)cc1)C2=O. The number of hydrogen-bond donors (Lipinski definition) is 0. The van der Waals surface area contributed by atoms with E-state index in [2.05, 4.69) is 4.74 Å². The van der Waals surface area contributed by atoms with Gasteiger partial charge < -0.3 is 19.3 Å². The average molecular weight is 428 g/mol. The molecule has 2 saturated heterocycles. The molecular formula is C21H27F3N2O4. The van der Waals surface area contributed by atoms with E-state index in [1.54, 1.807) is 9.80 Å². The predicted octanol–water partition coefficient (Wildman–Crippen LogP) is 3.75. The van der Waals surface area contributed by atoms with Gasteiger partial charge in [0.2, 0.25) is 11.8 Å². The van der Waals surface area contributed by atoms with Crippen LogP contribution in [0.5, 0.6) is 5.75 Å². The lowest BCUT2D eigenvalue weighted by molar-refractivity contribution is -0.274. The van der Waals surface area contributed by atoms with Crippen LogP contribution < -0.4 is 9.64 Å². The van der Waals surface area contributed by atoms with E-state index in [9.17, 15) is 22.8 Å². The van der Waals surface area contributed by atoms with Crippen LogP contribution in [0.4, 0.5) is 18.9 Å². The van der Waals surface area contributed by atoms with Crippen molar-refractivity contribution in [1.29, 1.82) is 0 Å². The van der Waals surface area contributed by atoms with Gasteiger partial charge in [-0.3, -0.25) is 9.59 Å². The van der Waals surface area contributed by atoms with Crippen LogP contribution in [0, 0.1) is 5.41 Å². The highest BCUT2D eigenvalue weighted by molar-refractivity contribution is 6.00. The highest BCUT2D eigenvalue weighted by Gasteiger charge is 2.49. The summed E-state index contributed by atoms with van der Waals surface area (Å²) < 4.78 is 46.4. The van der Waals surface area contributed by atoms with E-state index >= 15 is 0 Å². The number of nitrogens with zero attached hydrogens (tertiary/aromatic N) is 2. The Morgan fingerprint density at radius 3 is 2.13 bits per heavy atom. The summed E-state index contributed by atoms with van der Waals surface area (Å²) in [6.07, 6.45) is -2.96. The molecule has 6 nitrogen and oxygen atoms in total. The maximum Gasteiger partial charge on any atom is 0.573 e. The number of halogens is 3. The molecule has 0 radical (unpaired) electrons. The molecule has 9 heteroatoms. The van der Waals surface area contributed by atoms with Crippen LogP contribution in [-0.2, 0) is 14.3 Å². The zero-order valence-electron chi connectivity index (χ0n) is 17.4. The molecule has 0 bridgehead atoms. The number of rotatable bonds is 4. The maximum absolute atomic E-state index is 13.1. The summed E-state index contributed by atoms with van der Waals surface area (Å²) in [6, 6.07) is 5.33. The summed E-state index contributed by atoms with van der Waals surface area (Å²) in [5.74, 6) is -0.440. The van der Waals surface area contributed by atoms with Crippen molar-refractivity contribution in [2.75, 3.05) is 31.1 Å². The first-order valence-corrected chi connectivity index (χ1v) is 9.98. The van der Waals surface area contributed by atoms with Gasteiger partial charge >= 0.3 is 6.36 Å². The average Bonchev–Trinajstić information content (AvgIpc) is 2.95. The molecule has 166 valence electrons. The van der Waals surface area contributed by atoms with E-state index in [0.717, 1.165) is 0 Å². The molecule has 0 atom stereocenters. The summed E-state index contributed by atoms with van der Waals surface area (Å²) in [6.45, 7) is 7.16. The molecule has 0 aromatic heterocycles. The third-order valence-electron chi connectivity index (χ3n) is 5.60. The predicted molar refractivity (Wildman–Crippen MR) is 104 cm³/mol. The first-order valence-electron chi connectivity index (χ1n) is 9.98. The quantitative estimate of drug-likeness (QED) is 0.733. The molecule has 0 saturated carbocycles. The van der Waals surface area contributed by atoms with Gasteiger partial charge in [-0.1, -0.05) is 0 Å². The molecule has 30 heavy (non-hydrogen) atoms. The van der Waals surface area contributed by atoms with E-state index < -0.39 is 17.4 Å². The lowest BCUT2D eigenvalue weighted by Gasteiger charge is -2.38. The minimum atomic E-state index is -4.75. The summed E-state index contributed by atoms with van der Waals surface area (Å²) in [5, 5.41) is 0. The smallest absolute Gasteiger partial charge is 0.406 e. The molecule has 0 aliphatic carbocycles. The van der Waals surface area contributed by atoms with Gasteiger partial charge in [-0.25, -0.2) is 0 Å². The van der Waals surface area contributed by atoms with E-state index in [1.165, 1.54) is 24.3 Å². The van der Waals surface area contributed by atoms with E-state index in [1.807, 2.05) is 20.8 Å². The number of amides is 2. The second kappa shape index (κ2) is 8.09. The van der Waals surface area contributed by atoms with Crippen molar-refractivity contribution in [3.8, 4) is 5.75 Å². The lowest BCUT2D eigenvalue weighted by atomic mass is 9.77. The monoisotopic (exact) mass is 428 g/mol. The van der Waals surface area contributed by atoms with Crippen LogP contribution in [0.2, 0.25) is 0 Å². The van der Waals surface area contributed by atoms with E-state index in [4.69, 9.17) is 4.74 Å². The Balaban J connectivity index is 1.58. The second-order valence-electron chi connectivity index (χ2n) is 8.81. The van der Waals surface area contributed by atoms with Gasteiger partial charge in [-0.05, 0) is 64.3 Å². The summed E-state index contributed by atoms with van der Waals surface area (Å²) in [4.78, 5) is 28.8. The van der Waals surface area contributed by atoms with Gasteiger partial charge in [0.1, 0.15) is 12.4 Å². The van der Waals surface area contributed by atoms with Gasteiger partial charge in [-0.15, -0.1) is 13.2 Å². The van der Waals surface area contributed by atoms with Crippen molar-refractivity contribution in [2.45, 2.75) is 52.0 Å². The zero-order chi connectivity index (χ0) is 22.2. The fraction of sp³-hybridized carbons (Fsp3) is 0.619. The molecule has 1 aromatic rings. The molecule has 3 rings (SSSR count). The van der Waals surface area contributed by atoms with E-state index in [-0.39, 0.29) is 24.2 Å². The number of hydrogen-bond acceptors (Lipinski definition) is 4. The molecule has 2 aliphatic heterocycles. The molecule has 2 aliphatic rings. The number of benzene rings is 1. The third kappa shape index (κ3) is 5.24. The summed E-state index contributed by atoms with van der Waals surface area (Å²) in [7, 11) is 0. The number of carbonyl (C=O) groups excluding carboxylic acids is 2. The molecule has 2 amide bonds. The highest BCUT2D eigenvalue weighted by atomic mass is 19.4. The fourth-order valence-electron chi connectivity index (χ4n) is 3.91. The van der Waals surface area contributed by atoms with Crippen LogP contribution in [0.1, 0.15) is 40.0 Å². The van der Waals surface area contributed by atoms with Gasteiger partial charge in [0, 0.05) is 25.3 Å². The zero-order valence-corrected chi connectivity index (χ0v) is 17.4. The fourth-order valence-corrected chi connectivity index (χ4v) is 3.91. The number of carbonyl (C=O) groups is 2. The number of likely N-dealkylation sites (tertiary alicyclic amines) is 1. The minimum absolute atomic E-state index is 0.0168. The number of ether oxygens (including phenoxy) is 2. The van der Waals surface area contributed by atoms with Crippen molar-refractivity contribution in [3.63, 3.8) is 0 Å². The molecule has 1 spiro atoms. The Bertz CT molecular complexity index is 779. The maximum atomic E-state index is 13.1. The Labute approximate surface area is 173 Å². The third-order valence-corrected chi connectivity index (χ3v) is 5.60. The summed E-state index contributed by atoms with van der Waals surface area (Å²) >= 11 is 0. The number of alkyl halides is 3.